The lowest BCUT2D eigenvalue weighted by molar-refractivity contribution is -0.161. The number of carbonyl (C=O) groups is 4. The van der Waals surface area contributed by atoms with Gasteiger partial charge in [0.05, 0.1) is 26.4 Å². The van der Waals surface area contributed by atoms with Crippen molar-refractivity contribution < 1.29 is 80.2 Å². The molecule has 0 aliphatic rings. The third-order valence-electron chi connectivity index (χ3n) is 16.5. The predicted molar refractivity (Wildman–Crippen MR) is 409 cm³/mol. The molecule has 0 bridgehead atoms. The van der Waals surface area contributed by atoms with E-state index in [2.05, 4.69) is 125 Å². The first-order valence-corrected chi connectivity index (χ1v) is 42.5. The van der Waals surface area contributed by atoms with E-state index in [1.165, 1.54) is 77.0 Å². The second kappa shape index (κ2) is 73.3. The van der Waals surface area contributed by atoms with E-state index in [1.807, 2.05) is 0 Å². The van der Waals surface area contributed by atoms with E-state index >= 15 is 0 Å². The van der Waals surface area contributed by atoms with Gasteiger partial charge in [0.2, 0.25) is 0 Å². The molecule has 0 amide bonds. The molecule has 0 fully saturated rings. The van der Waals surface area contributed by atoms with Gasteiger partial charge in [-0.05, 0) is 122 Å². The highest BCUT2D eigenvalue weighted by Crippen LogP contribution is 2.45. The van der Waals surface area contributed by atoms with Crippen LogP contribution in [0.25, 0.3) is 0 Å². The minimum absolute atomic E-state index is 0.0818. The van der Waals surface area contributed by atoms with Gasteiger partial charge in [0.1, 0.15) is 19.3 Å². The highest BCUT2D eigenvalue weighted by Gasteiger charge is 2.30. The zero-order valence-electron chi connectivity index (χ0n) is 63.1. The lowest BCUT2D eigenvalue weighted by Gasteiger charge is -2.21. The monoisotopic (exact) mass is 1450 g/mol. The molecular weight excluding hydrogens is 1310 g/mol. The Bertz CT molecular complexity index is 2270. The molecule has 3 N–H and O–H groups in total. The maximum absolute atomic E-state index is 13.1. The molecule has 0 aliphatic heterocycles. The van der Waals surface area contributed by atoms with Gasteiger partial charge >= 0.3 is 39.5 Å². The van der Waals surface area contributed by atoms with Crippen LogP contribution < -0.4 is 0 Å². The van der Waals surface area contributed by atoms with Crippen molar-refractivity contribution >= 4 is 39.5 Å². The topological polar surface area (TPSA) is 237 Å². The van der Waals surface area contributed by atoms with Crippen molar-refractivity contribution in [3.05, 3.63) is 97.2 Å². The Labute approximate surface area is 607 Å². The third kappa shape index (κ3) is 72.3. The van der Waals surface area contributed by atoms with E-state index in [4.69, 9.17) is 37.0 Å². The van der Waals surface area contributed by atoms with Crippen LogP contribution in [0.15, 0.2) is 97.2 Å². The fourth-order valence-corrected chi connectivity index (χ4v) is 12.2. The Hall–Kier alpha value is -4.02. The molecule has 0 saturated heterocycles. The summed E-state index contributed by atoms with van der Waals surface area (Å²) in [4.78, 5) is 72.9. The van der Waals surface area contributed by atoms with Crippen LogP contribution >= 0.6 is 15.6 Å². The Balaban J connectivity index is 5.33. The van der Waals surface area contributed by atoms with E-state index < -0.39 is 97.5 Å². The number of phosphoric ester groups is 2. The summed E-state index contributed by atoms with van der Waals surface area (Å²) in [6.45, 7) is 4.63. The molecule has 19 heteroatoms. The van der Waals surface area contributed by atoms with Crippen LogP contribution in [0.5, 0.6) is 0 Å². The second-order valence-corrected chi connectivity index (χ2v) is 29.2. The van der Waals surface area contributed by atoms with Crippen molar-refractivity contribution in [2.45, 2.75) is 354 Å². The lowest BCUT2D eigenvalue weighted by atomic mass is 10.0. The van der Waals surface area contributed by atoms with Gasteiger partial charge < -0.3 is 33.8 Å². The molecule has 578 valence electrons. The summed E-state index contributed by atoms with van der Waals surface area (Å²) in [6, 6.07) is 0. The summed E-state index contributed by atoms with van der Waals surface area (Å²) in [5, 5.41) is 10.6. The SMILES string of the molecule is CC/C=C\C/C=C\C/C=C\C/C=C\CCCCCCCCC(=O)OCC(COP(=O)(O)OCC(O)COP(=O)(O)OCC(COC(=O)CCCCCCC/C=C\C/C=C\C/C=C\CC)OC(=O)CCCCCCC/C=C\CCCCCC)OC(=O)CCCCCCCCCCCCCCC. The molecule has 0 aromatic rings. The zero-order valence-corrected chi connectivity index (χ0v) is 64.9. The number of hydrogen-bond acceptors (Lipinski definition) is 15. The van der Waals surface area contributed by atoms with Crippen molar-refractivity contribution in [2.75, 3.05) is 39.6 Å². The molecule has 5 atom stereocenters. The summed E-state index contributed by atoms with van der Waals surface area (Å²) >= 11 is 0. The number of aliphatic hydroxyl groups excluding tert-OH is 1. The molecular formula is C81H142O17P2. The molecule has 0 saturated carbocycles. The molecule has 0 spiro atoms. The van der Waals surface area contributed by atoms with Crippen molar-refractivity contribution in [3.8, 4) is 0 Å². The number of esters is 4. The molecule has 17 nitrogen and oxygen atoms in total. The average molecular weight is 1450 g/mol. The molecule has 0 aromatic carbocycles. The summed E-state index contributed by atoms with van der Waals surface area (Å²) in [5.74, 6) is -2.20. The number of hydrogen-bond donors (Lipinski definition) is 3. The number of aliphatic hydroxyl groups is 1. The van der Waals surface area contributed by atoms with Gasteiger partial charge in [-0.3, -0.25) is 37.3 Å². The normalized spacial score (nSPS) is 14.4. The van der Waals surface area contributed by atoms with Gasteiger partial charge in [-0.2, -0.15) is 0 Å². The second-order valence-electron chi connectivity index (χ2n) is 26.2. The number of ether oxygens (including phenoxy) is 4. The molecule has 0 rings (SSSR count). The fourth-order valence-electron chi connectivity index (χ4n) is 10.6. The van der Waals surface area contributed by atoms with E-state index in [0.29, 0.717) is 25.7 Å². The highest BCUT2D eigenvalue weighted by atomic mass is 31.2. The van der Waals surface area contributed by atoms with Crippen molar-refractivity contribution in [1.82, 2.24) is 0 Å². The van der Waals surface area contributed by atoms with Crippen LogP contribution in [0.4, 0.5) is 0 Å². The lowest BCUT2D eigenvalue weighted by Crippen LogP contribution is -2.30. The minimum Gasteiger partial charge on any atom is -0.462 e. The highest BCUT2D eigenvalue weighted by molar-refractivity contribution is 7.47. The minimum atomic E-state index is -4.98. The van der Waals surface area contributed by atoms with Gasteiger partial charge in [-0.1, -0.05) is 285 Å². The Kier molecular flexibility index (Phi) is 70.4. The van der Waals surface area contributed by atoms with E-state index in [-0.39, 0.29) is 25.7 Å². The first-order valence-electron chi connectivity index (χ1n) is 39.5. The average Bonchev–Trinajstić information content (AvgIpc) is 0.935. The van der Waals surface area contributed by atoms with Crippen LogP contribution in [0.3, 0.4) is 0 Å². The predicted octanol–water partition coefficient (Wildman–Crippen LogP) is 22.8. The standard InChI is InChI=1S/C81H142O17P2/c1-5-9-13-17-21-25-29-33-35-36-37-38-40-44-46-50-54-58-62-66-79(84)92-72-77(98-81(86)68-64-60-56-52-48-42-32-28-24-20-16-12-8-4)74-96-100(89,90)94-70-75(82)69-93-99(87,88)95-73-76(97-80(85)67-63-59-55-51-47-41-31-27-23-19-15-11-7-3)71-91-78(83)65-61-57-53-49-45-43-39-34-30-26-22-18-14-10-6-2/h9-10,13-14,21-22,25-27,31,33-35,37-39,75-77,82H,5-8,11-12,15-20,23-24,28-30,32,36,40-74H2,1-4H3,(H,87,88)(H,89,90)/b13-9-,14-10-,25-21-,26-22-,31-27-,35-33-,38-37-,39-34-. The number of phosphoric acid groups is 2. The van der Waals surface area contributed by atoms with Crippen LogP contribution in [0, 0.1) is 0 Å². The Morgan fingerprint density at radius 1 is 0.290 bits per heavy atom. The maximum Gasteiger partial charge on any atom is 0.472 e. The molecule has 0 radical (unpaired) electrons. The van der Waals surface area contributed by atoms with Crippen LogP contribution in [-0.2, 0) is 65.4 Å². The van der Waals surface area contributed by atoms with Crippen molar-refractivity contribution in [1.29, 1.82) is 0 Å². The molecule has 0 aromatic heterocycles. The van der Waals surface area contributed by atoms with Crippen LogP contribution in [0.2, 0.25) is 0 Å². The van der Waals surface area contributed by atoms with Gasteiger partial charge in [-0.25, -0.2) is 9.13 Å². The molecule has 0 heterocycles. The van der Waals surface area contributed by atoms with Gasteiger partial charge in [0.25, 0.3) is 0 Å². The van der Waals surface area contributed by atoms with Crippen LogP contribution in [0.1, 0.15) is 336 Å². The summed E-state index contributed by atoms with van der Waals surface area (Å²) in [7, 11) is -9.95. The molecule has 100 heavy (non-hydrogen) atoms. The van der Waals surface area contributed by atoms with Gasteiger partial charge in [0.15, 0.2) is 12.2 Å². The van der Waals surface area contributed by atoms with E-state index in [1.54, 1.807) is 0 Å². The van der Waals surface area contributed by atoms with Crippen LogP contribution in [-0.4, -0.2) is 96.7 Å². The number of rotatable bonds is 74. The Morgan fingerprint density at radius 3 is 0.820 bits per heavy atom. The molecule has 5 unspecified atom stereocenters. The zero-order chi connectivity index (χ0) is 73.2. The smallest absolute Gasteiger partial charge is 0.462 e. The van der Waals surface area contributed by atoms with Gasteiger partial charge in [-0.15, -0.1) is 0 Å². The first kappa shape index (κ1) is 96.0. The Morgan fingerprint density at radius 2 is 0.520 bits per heavy atom. The quantitative estimate of drug-likeness (QED) is 0.0169. The maximum atomic E-state index is 13.1. The van der Waals surface area contributed by atoms with Crippen molar-refractivity contribution in [3.63, 3.8) is 0 Å². The summed E-state index contributed by atoms with van der Waals surface area (Å²) in [6.07, 6.45) is 76.7. The third-order valence-corrected chi connectivity index (χ3v) is 18.4. The van der Waals surface area contributed by atoms with E-state index in [9.17, 15) is 43.2 Å². The van der Waals surface area contributed by atoms with E-state index in [0.717, 1.165) is 180 Å². The fraction of sp³-hybridized carbons (Fsp3) is 0.753. The largest absolute Gasteiger partial charge is 0.472 e. The number of unbranched alkanes of at least 4 members (excludes halogenated alkanes) is 32. The summed E-state index contributed by atoms with van der Waals surface area (Å²) in [5.41, 5.74) is 0. The summed E-state index contributed by atoms with van der Waals surface area (Å²) < 4.78 is 68.5. The van der Waals surface area contributed by atoms with Crippen molar-refractivity contribution in [2.24, 2.45) is 0 Å². The number of carbonyl (C=O) groups excluding carboxylic acids is 4. The first-order chi connectivity index (χ1) is 48.7. The number of allylic oxidation sites excluding steroid dienone is 16. The molecule has 0 aliphatic carbocycles. The van der Waals surface area contributed by atoms with Gasteiger partial charge in [0, 0.05) is 25.7 Å².